The molecule has 2 nitrogen and oxygen atoms in total. The lowest BCUT2D eigenvalue weighted by atomic mass is 10.2. The summed E-state index contributed by atoms with van der Waals surface area (Å²) < 4.78 is 0. The van der Waals surface area contributed by atoms with E-state index in [2.05, 4.69) is 36.4 Å². The molecular weight excluding hydrogens is 204 g/mol. The third-order valence-electron chi connectivity index (χ3n) is 2.52. The van der Waals surface area contributed by atoms with E-state index in [0.29, 0.717) is 6.04 Å². The van der Waals surface area contributed by atoms with Crippen LogP contribution >= 0.6 is 11.3 Å². The predicted octanol–water partition coefficient (Wildman–Crippen LogP) is 2.35. The molecule has 2 N–H and O–H groups in total. The van der Waals surface area contributed by atoms with Gasteiger partial charge in [0.15, 0.2) is 0 Å². The van der Waals surface area contributed by atoms with E-state index in [-0.39, 0.29) is 0 Å². The first-order valence-corrected chi connectivity index (χ1v) is 6.53. The van der Waals surface area contributed by atoms with Crippen LogP contribution in [0.3, 0.4) is 0 Å². The standard InChI is InChI=1S/C12H22N2S/c1-11(13)5-3-8-14(2)9-7-12-6-4-10-15-12/h4,6,10-11H,3,5,7-9,13H2,1-2H3. The summed E-state index contributed by atoms with van der Waals surface area (Å²) in [5.41, 5.74) is 5.71. The Morgan fingerprint density at radius 2 is 2.27 bits per heavy atom. The molecule has 0 aliphatic heterocycles. The number of thiophene rings is 1. The topological polar surface area (TPSA) is 29.3 Å². The van der Waals surface area contributed by atoms with Crippen molar-refractivity contribution >= 4 is 11.3 Å². The van der Waals surface area contributed by atoms with Crippen LogP contribution in [-0.2, 0) is 6.42 Å². The molecular formula is C12H22N2S. The minimum absolute atomic E-state index is 0.343. The Morgan fingerprint density at radius 3 is 2.87 bits per heavy atom. The normalized spacial score (nSPS) is 13.3. The van der Waals surface area contributed by atoms with Crippen LogP contribution in [0.1, 0.15) is 24.6 Å². The van der Waals surface area contributed by atoms with E-state index >= 15 is 0 Å². The third-order valence-corrected chi connectivity index (χ3v) is 3.46. The summed E-state index contributed by atoms with van der Waals surface area (Å²) >= 11 is 1.85. The zero-order chi connectivity index (χ0) is 11.1. The van der Waals surface area contributed by atoms with Gasteiger partial charge in [-0.2, -0.15) is 0 Å². The van der Waals surface area contributed by atoms with E-state index in [1.807, 2.05) is 11.3 Å². The van der Waals surface area contributed by atoms with Gasteiger partial charge >= 0.3 is 0 Å². The molecule has 1 aromatic heterocycles. The zero-order valence-electron chi connectivity index (χ0n) is 9.78. The minimum atomic E-state index is 0.343. The lowest BCUT2D eigenvalue weighted by Crippen LogP contribution is -2.24. The van der Waals surface area contributed by atoms with Gasteiger partial charge in [0, 0.05) is 17.5 Å². The van der Waals surface area contributed by atoms with Crippen molar-refractivity contribution in [2.75, 3.05) is 20.1 Å². The average Bonchev–Trinajstić information content (AvgIpc) is 2.66. The van der Waals surface area contributed by atoms with Crippen molar-refractivity contribution < 1.29 is 0 Å². The molecule has 0 fully saturated rings. The van der Waals surface area contributed by atoms with E-state index in [9.17, 15) is 0 Å². The lowest BCUT2D eigenvalue weighted by molar-refractivity contribution is 0.327. The van der Waals surface area contributed by atoms with Crippen molar-refractivity contribution in [1.29, 1.82) is 0 Å². The second-order valence-electron chi connectivity index (χ2n) is 4.25. The summed E-state index contributed by atoms with van der Waals surface area (Å²) in [5, 5.41) is 2.14. The largest absolute Gasteiger partial charge is 0.328 e. The smallest absolute Gasteiger partial charge is 0.00579 e. The maximum Gasteiger partial charge on any atom is 0.00579 e. The molecule has 0 aliphatic carbocycles. The number of rotatable bonds is 7. The molecule has 0 saturated carbocycles. The fraction of sp³-hybridized carbons (Fsp3) is 0.667. The quantitative estimate of drug-likeness (QED) is 0.773. The first-order valence-electron chi connectivity index (χ1n) is 5.65. The van der Waals surface area contributed by atoms with E-state index in [1.54, 1.807) is 0 Å². The van der Waals surface area contributed by atoms with Crippen molar-refractivity contribution in [2.24, 2.45) is 5.73 Å². The third kappa shape index (κ3) is 5.92. The van der Waals surface area contributed by atoms with E-state index in [0.717, 1.165) is 19.5 Å². The Labute approximate surface area is 97.1 Å². The van der Waals surface area contributed by atoms with Crippen LogP contribution in [0.4, 0.5) is 0 Å². The van der Waals surface area contributed by atoms with Gasteiger partial charge in [0.1, 0.15) is 0 Å². The van der Waals surface area contributed by atoms with Crippen molar-refractivity contribution in [3.63, 3.8) is 0 Å². The molecule has 0 aromatic carbocycles. The van der Waals surface area contributed by atoms with Crippen LogP contribution in [0.15, 0.2) is 17.5 Å². The van der Waals surface area contributed by atoms with Crippen LogP contribution in [0.2, 0.25) is 0 Å². The van der Waals surface area contributed by atoms with Gasteiger partial charge in [-0.3, -0.25) is 0 Å². The molecule has 1 rings (SSSR count). The minimum Gasteiger partial charge on any atom is -0.328 e. The summed E-state index contributed by atoms with van der Waals surface area (Å²) in [7, 11) is 2.19. The van der Waals surface area contributed by atoms with Crippen molar-refractivity contribution in [2.45, 2.75) is 32.2 Å². The molecule has 0 bridgehead atoms. The molecule has 1 aromatic rings. The number of likely N-dealkylation sites (N-methyl/N-ethyl adjacent to an activating group) is 1. The van der Waals surface area contributed by atoms with E-state index < -0.39 is 0 Å². The van der Waals surface area contributed by atoms with Crippen LogP contribution in [-0.4, -0.2) is 31.1 Å². The molecule has 3 heteroatoms. The fourth-order valence-corrected chi connectivity index (χ4v) is 2.25. The monoisotopic (exact) mass is 226 g/mol. The molecule has 15 heavy (non-hydrogen) atoms. The Kier molecular flexibility index (Phi) is 5.91. The zero-order valence-corrected chi connectivity index (χ0v) is 10.6. The molecule has 1 heterocycles. The number of nitrogens with zero attached hydrogens (tertiary/aromatic N) is 1. The SMILES string of the molecule is CC(N)CCCN(C)CCc1cccs1. The maximum absolute atomic E-state index is 5.71. The summed E-state index contributed by atoms with van der Waals surface area (Å²) in [6.45, 7) is 4.39. The molecule has 0 aliphatic rings. The van der Waals surface area contributed by atoms with E-state index in [1.165, 1.54) is 17.7 Å². The Balaban J connectivity index is 2.06. The fourth-order valence-electron chi connectivity index (χ4n) is 1.55. The van der Waals surface area contributed by atoms with Crippen LogP contribution in [0.25, 0.3) is 0 Å². The second-order valence-corrected chi connectivity index (χ2v) is 5.28. The number of nitrogens with two attached hydrogens (primary N) is 1. The van der Waals surface area contributed by atoms with Gasteiger partial charge < -0.3 is 10.6 Å². The Morgan fingerprint density at radius 1 is 1.47 bits per heavy atom. The highest BCUT2D eigenvalue weighted by Crippen LogP contribution is 2.09. The van der Waals surface area contributed by atoms with Gasteiger partial charge in [-0.1, -0.05) is 6.07 Å². The highest BCUT2D eigenvalue weighted by Gasteiger charge is 2.01. The van der Waals surface area contributed by atoms with Gasteiger partial charge in [0.2, 0.25) is 0 Å². The molecule has 0 spiro atoms. The lowest BCUT2D eigenvalue weighted by Gasteiger charge is -2.16. The van der Waals surface area contributed by atoms with E-state index in [4.69, 9.17) is 5.73 Å². The molecule has 0 saturated heterocycles. The highest BCUT2D eigenvalue weighted by molar-refractivity contribution is 7.09. The summed E-state index contributed by atoms with van der Waals surface area (Å²) in [5.74, 6) is 0. The van der Waals surface area contributed by atoms with Crippen LogP contribution in [0, 0.1) is 0 Å². The van der Waals surface area contributed by atoms with Crippen molar-refractivity contribution in [3.05, 3.63) is 22.4 Å². The highest BCUT2D eigenvalue weighted by atomic mass is 32.1. The van der Waals surface area contributed by atoms with Crippen molar-refractivity contribution in [1.82, 2.24) is 4.90 Å². The summed E-state index contributed by atoms with van der Waals surface area (Å²) in [6, 6.07) is 4.67. The summed E-state index contributed by atoms with van der Waals surface area (Å²) in [4.78, 5) is 3.87. The van der Waals surface area contributed by atoms with Crippen molar-refractivity contribution in [3.8, 4) is 0 Å². The number of hydrogen-bond acceptors (Lipinski definition) is 3. The first kappa shape index (κ1) is 12.7. The van der Waals surface area contributed by atoms with Crippen LogP contribution in [0.5, 0.6) is 0 Å². The molecule has 0 radical (unpaired) electrons. The molecule has 1 unspecified atom stereocenters. The molecule has 0 amide bonds. The van der Waals surface area contributed by atoms with Crippen LogP contribution < -0.4 is 5.73 Å². The first-order chi connectivity index (χ1) is 7.18. The van der Waals surface area contributed by atoms with Gasteiger partial charge in [-0.05, 0) is 51.2 Å². The molecule has 1 atom stereocenters. The number of hydrogen-bond donors (Lipinski definition) is 1. The average molecular weight is 226 g/mol. The van der Waals surface area contributed by atoms with Gasteiger partial charge in [-0.25, -0.2) is 0 Å². The van der Waals surface area contributed by atoms with Gasteiger partial charge in [-0.15, -0.1) is 11.3 Å². The van der Waals surface area contributed by atoms with Gasteiger partial charge in [0.05, 0.1) is 0 Å². The molecule has 86 valence electrons. The predicted molar refractivity (Wildman–Crippen MR) is 68.4 cm³/mol. The maximum atomic E-state index is 5.71. The second kappa shape index (κ2) is 6.99. The Hall–Kier alpha value is -0.380. The van der Waals surface area contributed by atoms with Gasteiger partial charge in [0.25, 0.3) is 0 Å². The summed E-state index contributed by atoms with van der Waals surface area (Å²) in [6.07, 6.45) is 3.51. The Bertz CT molecular complexity index is 244.